The van der Waals surface area contributed by atoms with Crippen LogP contribution in [0.4, 0.5) is 5.69 Å². The van der Waals surface area contributed by atoms with Crippen molar-refractivity contribution in [2.24, 2.45) is 10.7 Å². The molecule has 0 aliphatic heterocycles. The number of rotatable bonds is 6. The summed E-state index contributed by atoms with van der Waals surface area (Å²) >= 11 is 0. The predicted molar refractivity (Wildman–Crippen MR) is 135 cm³/mol. The Morgan fingerprint density at radius 2 is 1.71 bits per heavy atom. The van der Waals surface area contributed by atoms with Crippen LogP contribution in [-0.4, -0.2) is 41.8 Å². The molecule has 5 N–H and O–H groups in total. The Kier molecular flexibility index (Phi) is 6.40. The van der Waals surface area contributed by atoms with E-state index in [1.165, 1.54) is 7.11 Å². The second-order valence-corrected chi connectivity index (χ2v) is 8.26. The van der Waals surface area contributed by atoms with E-state index in [0.717, 1.165) is 5.56 Å². The number of nitrogens with zero attached hydrogens (tertiary/aromatic N) is 1. The van der Waals surface area contributed by atoms with E-state index < -0.39 is 11.5 Å². The minimum atomic E-state index is -1.19. The molecule has 0 saturated heterocycles. The summed E-state index contributed by atoms with van der Waals surface area (Å²) in [5, 5.41) is 14.1. The maximum atomic E-state index is 12.2. The number of aromatic hydroxyl groups is 1. The molecule has 1 atom stereocenters. The number of amides is 1. The van der Waals surface area contributed by atoms with E-state index >= 15 is 0 Å². The number of likely N-dealkylation sites (N-methyl/N-ethyl adjacent to an activating group) is 1. The zero-order chi connectivity index (χ0) is 25.2. The number of H-pyrrole nitrogens is 1. The van der Waals surface area contributed by atoms with E-state index in [0.29, 0.717) is 39.0 Å². The summed E-state index contributed by atoms with van der Waals surface area (Å²) in [5.74, 6) is -0.840. The Morgan fingerprint density at radius 3 is 2.34 bits per heavy atom. The van der Waals surface area contributed by atoms with E-state index in [2.05, 4.69) is 10.3 Å². The molecule has 1 amide bonds. The van der Waals surface area contributed by atoms with Gasteiger partial charge in [-0.25, -0.2) is 9.79 Å². The Balaban J connectivity index is 1.84. The fourth-order valence-corrected chi connectivity index (χ4v) is 3.93. The van der Waals surface area contributed by atoms with Crippen LogP contribution in [0, 0.1) is 0 Å². The highest BCUT2D eigenvalue weighted by Crippen LogP contribution is 2.32. The van der Waals surface area contributed by atoms with Gasteiger partial charge in [0, 0.05) is 23.5 Å². The van der Waals surface area contributed by atoms with Crippen LogP contribution in [0.3, 0.4) is 0 Å². The Morgan fingerprint density at radius 1 is 1.03 bits per heavy atom. The zero-order valence-corrected chi connectivity index (χ0v) is 19.6. The number of hydrogen-bond acceptors (Lipinski definition) is 6. The first-order valence-electron chi connectivity index (χ1n) is 11.0. The van der Waals surface area contributed by atoms with E-state index in [-0.39, 0.29) is 11.8 Å². The van der Waals surface area contributed by atoms with Crippen LogP contribution < -0.4 is 11.1 Å². The number of carbonyl (C=O) groups is 2. The number of carbonyl (C=O) groups excluding carboxylic acids is 2. The highest BCUT2D eigenvalue weighted by atomic mass is 16.5. The van der Waals surface area contributed by atoms with Crippen molar-refractivity contribution in [3.05, 3.63) is 95.1 Å². The second-order valence-electron chi connectivity index (χ2n) is 8.26. The lowest BCUT2D eigenvalue weighted by Crippen LogP contribution is -2.47. The third kappa shape index (κ3) is 4.51. The Hall–Kier alpha value is -4.43. The molecule has 0 spiro atoms. The van der Waals surface area contributed by atoms with Crippen LogP contribution >= 0.6 is 0 Å². The molecule has 1 unspecified atom stereocenters. The first-order valence-corrected chi connectivity index (χ1v) is 11.0. The average Bonchev–Trinajstić information content (AvgIpc) is 3.21. The number of benzene rings is 3. The molecule has 8 nitrogen and oxygen atoms in total. The molecule has 4 aromatic rings. The predicted octanol–water partition coefficient (Wildman–Crippen LogP) is 3.75. The highest BCUT2D eigenvalue weighted by Gasteiger charge is 2.29. The third-order valence-electron chi connectivity index (χ3n) is 5.89. The van der Waals surface area contributed by atoms with E-state index in [1.54, 1.807) is 56.4 Å². The van der Waals surface area contributed by atoms with Crippen LogP contribution in [0.1, 0.15) is 34.0 Å². The summed E-state index contributed by atoms with van der Waals surface area (Å²) < 4.78 is 4.80. The molecule has 8 heteroatoms. The molecule has 0 saturated carbocycles. The molecular weight excluding hydrogens is 444 g/mol. The number of aromatic amines is 1. The van der Waals surface area contributed by atoms with Crippen LogP contribution in [-0.2, 0) is 15.1 Å². The number of aliphatic imine (C=N–C) groups is 1. The topological polar surface area (TPSA) is 130 Å². The number of hydrogen-bond donors (Lipinski definition) is 4. The molecule has 0 radical (unpaired) electrons. The molecular formula is C27H26N4O4. The number of methoxy groups -OCH3 is 1. The van der Waals surface area contributed by atoms with Crippen LogP contribution in [0.15, 0.2) is 77.8 Å². The molecule has 1 heterocycles. The quantitative estimate of drug-likeness (QED) is 0.252. The molecule has 35 heavy (non-hydrogen) atoms. The fraction of sp³-hybridized carbons (Fsp3) is 0.148. The van der Waals surface area contributed by atoms with Crippen molar-refractivity contribution in [1.29, 1.82) is 0 Å². The Bertz CT molecular complexity index is 1420. The van der Waals surface area contributed by atoms with Gasteiger partial charge in [0.2, 0.25) is 5.91 Å². The van der Waals surface area contributed by atoms with Gasteiger partial charge in [-0.1, -0.05) is 48.5 Å². The zero-order valence-electron chi connectivity index (χ0n) is 19.6. The number of nitrogens with two attached hydrogens (primary N) is 1. The normalized spacial score (nSPS) is 13.3. The van der Waals surface area contributed by atoms with Crippen molar-refractivity contribution >= 4 is 34.2 Å². The summed E-state index contributed by atoms with van der Waals surface area (Å²) in [7, 11) is 2.86. The number of esters is 1. The van der Waals surface area contributed by atoms with Gasteiger partial charge in [-0.05, 0) is 36.8 Å². The van der Waals surface area contributed by atoms with Crippen molar-refractivity contribution in [1.82, 2.24) is 10.3 Å². The molecule has 3 aromatic carbocycles. The summed E-state index contributed by atoms with van der Waals surface area (Å²) in [6.07, 6.45) is 0. The van der Waals surface area contributed by atoms with Crippen LogP contribution in [0.5, 0.6) is 5.88 Å². The molecule has 0 aliphatic carbocycles. The molecule has 0 fully saturated rings. The SMILES string of the molecule is CNC(=O)C(C)(N)c1ccc(N=C(c2ccccc2)c2c(O)[nH]c3cc(C(=O)OC)ccc23)cc1. The van der Waals surface area contributed by atoms with Crippen LogP contribution in [0.2, 0.25) is 0 Å². The molecule has 4 rings (SSSR count). The molecule has 0 aliphatic rings. The van der Waals surface area contributed by atoms with Gasteiger partial charge in [-0.15, -0.1) is 0 Å². The van der Waals surface area contributed by atoms with Crippen molar-refractivity contribution in [2.75, 3.05) is 14.2 Å². The standard InChI is InChI=1S/C27H26N4O4/c1-27(28,26(34)29-2)18-10-12-19(13-11-18)30-23(16-7-5-4-6-8-16)22-20-14-9-17(25(33)35-3)15-21(20)31-24(22)32/h4-15,31-32H,28H2,1-3H3,(H,29,34). The summed E-state index contributed by atoms with van der Waals surface area (Å²) in [5.41, 5.74) is 9.05. The van der Waals surface area contributed by atoms with Crippen molar-refractivity contribution < 1.29 is 19.4 Å². The fourth-order valence-electron chi connectivity index (χ4n) is 3.93. The maximum Gasteiger partial charge on any atom is 0.337 e. The lowest BCUT2D eigenvalue weighted by Gasteiger charge is -2.23. The Labute approximate surface area is 202 Å². The second kappa shape index (κ2) is 9.44. The van der Waals surface area contributed by atoms with Gasteiger partial charge in [-0.2, -0.15) is 0 Å². The molecule has 1 aromatic heterocycles. The molecule has 178 valence electrons. The maximum absolute atomic E-state index is 12.2. The van der Waals surface area contributed by atoms with Gasteiger partial charge in [0.1, 0.15) is 5.54 Å². The monoisotopic (exact) mass is 470 g/mol. The first kappa shape index (κ1) is 23.7. The van der Waals surface area contributed by atoms with Gasteiger partial charge in [0.15, 0.2) is 5.88 Å². The molecule has 0 bridgehead atoms. The lowest BCUT2D eigenvalue weighted by atomic mass is 9.92. The van der Waals surface area contributed by atoms with Gasteiger partial charge in [0.05, 0.1) is 29.6 Å². The third-order valence-corrected chi connectivity index (χ3v) is 5.89. The van der Waals surface area contributed by atoms with Gasteiger partial charge < -0.3 is 25.9 Å². The lowest BCUT2D eigenvalue weighted by molar-refractivity contribution is -0.125. The number of ether oxygens (including phenoxy) is 1. The summed E-state index contributed by atoms with van der Waals surface area (Å²) in [4.78, 5) is 31.9. The van der Waals surface area contributed by atoms with Crippen molar-refractivity contribution in [3.63, 3.8) is 0 Å². The highest BCUT2D eigenvalue weighted by molar-refractivity contribution is 6.22. The van der Waals surface area contributed by atoms with Crippen molar-refractivity contribution in [2.45, 2.75) is 12.5 Å². The minimum absolute atomic E-state index is 0.0737. The van der Waals surface area contributed by atoms with E-state index in [9.17, 15) is 14.7 Å². The summed E-state index contributed by atoms with van der Waals surface area (Å²) in [6.45, 7) is 1.64. The first-order chi connectivity index (χ1) is 16.8. The summed E-state index contributed by atoms with van der Waals surface area (Å²) in [6, 6.07) is 21.5. The number of fused-ring (bicyclic) bond motifs is 1. The van der Waals surface area contributed by atoms with Gasteiger partial charge >= 0.3 is 5.97 Å². The van der Waals surface area contributed by atoms with Gasteiger partial charge in [-0.3, -0.25) is 4.79 Å². The van der Waals surface area contributed by atoms with E-state index in [4.69, 9.17) is 15.5 Å². The largest absolute Gasteiger partial charge is 0.494 e. The van der Waals surface area contributed by atoms with E-state index in [1.807, 2.05) is 30.3 Å². The van der Waals surface area contributed by atoms with Crippen LogP contribution in [0.25, 0.3) is 10.9 Å². The average molecular weight is 471 g/mol. The minimum Gasteiger partial charge on any atom is -0.494 e. The van der Waals surface area contributed by atoms with Crippen molar-refractivity contribution in [3.8, 4) is 5.88 Å². The number of nitrogens with one attached hydrogen (secondary N) is 2. The smallest absolute Gasteiger partial charge is 0.337 e. The number of aromatic nitrogens is 1. The van der Waals surface area contributed by atoms with Gasteiger partial charge in [0.25, 0.3) is 0 Å².